The highest BCUT2D eigenvalue weighted by atomic mass is 16.5. The molecule has 0 spiro atoms. The zero-order chi connectivity index (χ0) is 14.4. The molecule has 20 heavy (non-hydrogen) atoms. The third kappa shape index (κ3) is 3.87. The number of rotatable bonds is 6. The molecule has 1 heterocycles. The topological polar surface area (TPSA) is 41.7 Å². The van der Waals surface area contributed by atoms with Crippen LogP contribution in [0.3, 0.4) is 0 Å². The highest BCUT2D eigenvalue weighted by Gasteiger charge is 2.19. The Bertz CT molecular complexity index is 402. The largest absolute Gasteiger partial charge is 0.495 e. The number of nitrogens with zero attached hydrogens (tertiary/aromatic N) is 2. The summed E-state index contributed by atoms with van der Waals surface area (Å²) in [6.07, 6.45) is 1.20. The van der Waals surface area contributed by atoms with Crippen molar-refractivity contribution in [3.05, 3.63) is 24.3 Å². The second kappa shape index (κ2) is 7.50. The van der Waals surface area contributed by atoms with E-state index in [2.05, 4.69) is 28.9 Å². The Balaban J connectivity index is 1.85. The first kappa shape index (κ1) is 15.1. The fourth-order valence-corrected chi connectivity index (χ4v) is 2.62. The fraction of sp³-hybridized carbons (Fsp3) is 0.625. The third-order valence-electron chi connectivity index (χ3n) is 4.14. The lowest BCUT2D eigenvalue weighted by atomic mass is 10.1. The summed E-state index contributed by atoms with van der Waals surface area (Å²) in [4.78, 5) is 4.96. The van der Waals surface area contributed by atoms with E-state index in [0.717, 1.165) is 45.0 Å². The van der Waals surface area contributed by atoms with Gasteiger partial charge in [-0.25, -0.2) is 0 Å². The van der Waals surface area contributed by atoms with E-state index in [9.17, 15) is 0 Å². The van der Waals surface area contributed by atoms with E-state index in [1.807, 2.05) is 12.1 Å². The van der Waals surface area contributed by atoms with Crippen molar-refractivity contribution in [1.82, 2.24) is 4.90 Å². The molecule has 0 aliphatic carbocycles. The molecule has 1 aromatic rings. The number of ether oxygens (including phenoxy) is 1. The predicted octanol–water partition coefficient (Wildman–Crippen LogP) is 1.80. The summed E-state index contributed by atoms with van der Waals surface area (Å²) in [6.45, 7) is 8.56. The number of benzene rings is 1. The molecule has 0 radical (unpaired) electrons. The SMILES string of the molecule is COc1ccccc1N1CCN(CCC(C)CN)CC1. The van der Waals surface area contributed by atoms with Crippen molar-refractivity contribution in [2.75, 3.05) is 51.3 Å². The zero-order valence-corrected chi connectivity index (χ0v) is 12.7. The Morgan fingerprint density at radius 2 is 1.90 bits per heavy atom. The first-order valence-corrected chi connectivity index (χ1v) is 7.55. The smallest absolute Gasteiger partial charge is 0.142 e. The molecular formula is C16H27N3O. The van der Waals surface area contributed by atoms with Crippen molar-refractivity contribution in [3.63, 3.8) is 0 Å². The van der Waals surface area contributed by atoms with Gasteiger partial charge in [-0.05, 0) is 37.6 Å². The summed E-state index contributed by atoms with van der Waals surface area (Å²) in [5.74, 6) is 1.60. The minimum absolute atomic E-state index is 0.627. The van der Waals surface area contributed by atoms with E-state index in [1.165, 1.54) is 12.1 Å². The third-order valence-corrected chi connectivity index (χ3v) is 4.14. The fourth-order valence-electron chi connectivity index (χ4n) is 2.62. The predicted molar refractivity (Wildman–Crippen MR) is 84.5 cm³/mol. The minimum Gasteiger partial charge on any atom is -0.495 e. The van der Waals surface area contributed by atoms with Crippen LogP contribution in [-0.4, -0.2) is 51.3 Å². The normalized spacial score (nSPS) is 18.1. The molecule has 2 rings (SSSR count). The van der Waals surface area contributed by atoms with Crippen LogP contribution in [0.25, 0.3) is 0 Å². The maximum absolute atomic E-state index is 5.68. The van der Waals surface area contributed by atoms with Crippen molar-refractivity contribution in [2.24, 2.45) is 11.7 Å². The molecule has 112 valence electrons. The number of hydrogen-bond acceptors (Lipinski definition) is 4. The number of methoxy groups -OCH3 is 1. The molecule has 1 fully saturated rings. The van der Waals surface area contributed by atoms with Gasteiger partial charge in [0.15, 0.2) is 0 Å². The van der Waals surface area contributed by atoms with E-state index in [-0.39, 0.29) is 0 Å². The van der Waals surface area contributed by atoms with E-state index in [1.54, 1.807) is 7.11 Å². The first-order chi connectivity index (χ1) is 9.74. The monoisotopic (exact) mass is 277 g/mol. The standard InChI is InChI=1S/C16H27N3O/c1-14(13-17)7-8-18-9-11-19(12-10-18)15-5-3-4-6-16(15)20-2/h3-6,14H,7-13,17H2,1-2H3. The van der Waals surface area contributed by atoms with Crippen LogP contribution in [0, 0.1) is 5.92 Å². The summed E-state index contributed by atoms with van der Waals surface area (Å²) in [6, 6.07) is 8.27. The van der Waals surface area contributed by atoms with Crippen molar-refractivity contribution >= 4 is 5.69 Å². The van der Waals surface area contributed by atoms with Crippen LogP contribution in [0.15, 0.2) is 24.3 Å². The molecule has 0 bridgehead atoms. The van der Waals surface area contributed by atoms with Crippen molar-refractivity contribution in [1.29, 1.82) is 0 Å². The summed E-state index contributed by atoms with van der Waals surface area (Å²) in [7, 11) is 1.74. The Hall–Kier alpha value is -1.26. The van der Waals surface area contributed by atoms with Crippen molar-refractivity contribution in [2.45, 2.75) is 13.3 Å². The second-order valence-corrected chi connectivity index (χ2v) is 5.63. The lowest BCUT2D eigenvalue weighted by Crippen LogP contribution is -2.47. The Morgan fingerprint density at radius 1 is 1.20 bits per heavy atom. The van der Waals surface area contributed by atoms with E-state index in [4.69, 9.17) is 10.5 Å². The van der Waals surface area contributed by atoms with Gasteiger partial charge in [-0.15, -0.1) is 0 Å². The summed E-state index contributed by atoms with van der Waals surface area (Å²) < 4.78 is 5.45. The number of piperazine rings is 1. The van der Waals surface area contributed by atoms with E-state index in [0.29, 0.717) is 5.92 Å². The molecule has 1 unspecified atom stereocenters. The maximum atomic E-state index is 5.68. The molecule has 0 amide bonds. The summed E-state index contributed by atoms with van der Waals surface area (Å²) in [5.41, 5.74) is 6.89. The molecule has 0 saturated carbocycles. The van der Waals surface area contributed by atoms with Crippen LogP contribution < -0.4 is 15.4 Å². The van der Waals surface area contributed by atoms with E-state index < -0.39 is 0 Å². The van der Waals surface area contributed by atoms with Gasteiger partial charge in [0.25, 0.3) is 0 Å². The van der Waals surface area contributed by atoms with Crippen LogP contribution in [0.5, 0.6) is 5.75 Å². The maximum Gasteiger partial charge on any atom is 0.142 e. The number of hydrogen-bond donors (Lipinski definition) is 1. The minimum atomic E-state index is 0.627. The molecule has 1 aromatic carbocycles. The van der Waals surface area contributed by atoms with E-state index >= 15 is 0 Å². The quantitative estimate of drug-likeness (QED) is 0.861. The molecule has 4 heteroatoms. The summed E-state index contributed by atoms with van der Waals surface area (Å²) in [5, 5.41) is 0. The molecule has 1 aliphatic rings. The lowest BCUT2D eigenvalue weighted by molar-refractivity contribution is 0.241. The van der Waals surface area contributed by atoms with Crippen LogP contribution in [0.4, 0.5) is 5.69 Å². The molecule has 0 aromatic heterocycles. The van der Waals surface area contributed by atoms with Crippen LogP contribution in [0.1, 0.15) is 13.3 Å². The van der Waals surface area contributed by atoms with Gasteiger partial charge in [0.05, 0.1) is 12.8 Å². The molecular weight excluding hydrogens is 250 g/mol. The van der Waals surface area contributed by atoms with Gasteiger partial charge in [-0.3, -0.25) is 4.90 Å². The number of para-hydroxylation sites is 2. The highest BCUT2D eigenvalue weighted by Crippen LogP contribution is 2.28. The Labute approximate surface area is 122 Å². The zero-order valence-electron chi connectivity index (χ0n) is 12.7. The van der Waals surface area contributed by atoms with Crippen LogP contribution in [0.2, 0.25) is 0 Å². The van der Waals surface area contributed by atoms with Gasteiger partial charge in [-0.2, -0.15) is 0 Å². The average molecular weight is 277 g/mol. The van der Waals surface area contributed by atoms with Gasteiger partial charge in [0.1, 0.15) is 5.75 Å². The first-order valence-electron chi connectivity index (χ1n) is 7.55. The second-order valence-electron chi connectivity index (χ2n) is 5.63. The van der Waals surface area contributed by atoms with Crippen LogP contribution in [-0.2, 0) is 0 Å². The van der Waals surface area contributed by atoms with Gasteiger partial charge < -0.3 is 15.4 Å². The average Bonchev–Trinajstić information content (AvgIpc) is 2.53. The van der Waals surface area contributed by atoms with Gasteiger partial charge in [-0.1, -0.05) is 19.1 Å². The molecule has 1 aliphatic heterocycles. The molecule has 1 atom stereocenters. The molecule has 1 saturated heterocycles. The number of anilines is 1. The van der Waals surface area contributed by atoms with Crippen molar-refractivity contribution < 1.29 is 4.74 Å². The van der Waals surface area contributed by atoms with Gasteiger partial charge >= 0.3 is 0 Å². The Morgan fingerprint density at radius 3 is 2.55 bits per heavy atom. The Kier molecular flexibility index (Phi) is 5.68. The molecule has 2 N–H and O–H groups in total. The summed E-state index contributed by atoms with van der Waals surface area (Å²) >= 11 is 0. The number of nitrogens with two attached hydrogens (primary N) is 1. The van der Waals surface area contributed by atoms with Crippen molar-refractivity contribution in [3.8, 4) is 5.75 Å². The van der Waals surface area contributed by atoms with Crippen LogP contribution >= 0.6 is 0 Å². The van der Waals surface area contributed by atoms with Gasteiger partial charge in [0, 0.05) is 26.2 Å². The van der Waals surface area contributed by atoms with Gasteiger partial charge in [0.2, 0.25) is 0 Å². The lowest BCUT2D eigenvalue weighted by Gasteiger charge is -2.37. The highest BCUT2D eigenvalue weighted by molar-refractivity contribution is 5.58. The molecule has 4 nitrogen and oxygen atoms in total.